The minimum Gasteiger partial charge on any atom is -0.445 e. The third-order valence-corrected chi connectivity index (χ3v) is 8.83. The molecule has 2 atom stereocenters. The molecule has 4 aromatic carbocycles. The Morgan fingerprint density at radius 2 is 1.57 bits per heavy atom. The molecule has 0 fully saturated rings. The SMILES string of the molecule is O=C(N[C@@H](Cc1ccccc1)[C@H](O)CN(Cc1ccccc1)C(=O)OCc1cccc2c1Cc1ccccc1-2)OCc1cncs1. The van der Waals surface area contributed by atoms with E-state index < -0.39 is 24.3 Å². The number of amides is 2. The minimum absolute atomic E-state index is 0.0707. The summed E-state index contributed by atoms with van der Waals surface area (Å²) in [5.41, 5.74) is 9.23. The lowest BCUT2D eigenvalue weighted by molar-refractivity contribution is 0.0499. The van der Waals surface area contributed by atoms with Gasteiger partial charge in [-0.1, -0.05) is 103 Å². The molecule has 8 nitrogen and oxygen atoms in total. The molecule has 234 valence electrons. The van der Waals surface area contributed by atoms with Crippen LogP contribution in [0.5, 0.6) is 0 Å². The smallest absolute Gasteiger partial charge is 0.410 e. The van der Waals surface area contributed by atoms with Crippen LogP contribution in [0.3, 0.4) is 0 Å². The molecule has 1 aliphatic carbocycles. The topological polar surface area (TPSA) is 101 Å². The largest absolute Gasteiger partial charge is 0.445 e. The number of carbonyl (C=O) groups excluding carboxylic acids is 2. The number of thiazole rings is 1. The molecule has 0 radical (unpaired) electrons. The molecule has 0 saturated carbocycles. The Hall–Kier alpha value is -4.99. The molecule has 2 N–H and O–H groups in total. The molecular weight excluding hydrogens is 598 g/mol. The van der Waals surface area contributed by atoms with Crippen molar-refractivity contribution in [3.05, 3.63) is 148 Å². The van der Waals surface area contributed by atoms with Gasteiger partial charge < -0.3 is 24.8 Å². The normalized spacial score (nSPS) is 12.8. The van der Waals surface area contributed by atoms with Crippen LogP contribution in [-0.2, 0) is 42.1 Å². The van der Waals surface area contributed by atoms with Gasteiger partial charge in [-0.3, -0.25) is 4.98 Å². The molecule has 1 aliphatic rings. The summed E-state index contributed by atoms with van der Waals surface area (Å²) in [7, 11) is 0. The number of hydrogen-bond acceptors (Lipinski definition) is 7. The second kappa shape index (κ2) is 14.9. The van der Waals surface area contributed by atoms with Gasteiger partial charge >= 0.3 is 12.2 Å². The molecule has 5 aromatic rings. The zero-order valence-electron chi connectivity index (χ0n) is 25.2. The Morgan fingerprint density at radius 3 is 2.33 bits per heavy atom. The van der Waals surface area contributed by atoms with Crippen molar-refractivity contribution >= 4 is 23.5 Å². The monoisotopic (exact) mass is 633 g/mol. The molecule has 2 amide bonds. The molecule has 6 rings (SSSR count). The van der Waals surface area contributed by atoms with Gasteiger partial charge in [-0.2, -0.15) is 0 Å². The molecule has 1 heterocycles. The first-order valence-electron chi connectivity index (χ1n) is 15.2. The van der Waals surface area contributed by atoms with Gasteiger partial charge in [-0.25, -0.2) is 9.59 Å². The van der Waals surface area contributed by atoms with E-state index in [9.17, 15) is 14.7 Å². The number of aromatic nitrogens is 1. The molecular formula is C37H35N3O5S. The van der Waals surface area contributed by atoms with Crippen molar-refractivity contribution in [2.75, 3.05) is 6.54 Å². The number of ether oxygens (including phenoxy) is 2. The van der Waals surface area contributed by atoms with Crippen molar-refractivity contribution in [2.24, 2.45) is 0 Å². The van der Waals surface area contributed by atoms with Crippen molar-refractivity contribution in [3.63, 3.8) is 0 Å². The number of fused-ring (bicyclic) bond motifs is 3. The fourth-order valence-electron chi connectivity index (χ4n) is 5.74. The van der Waals surface area contributed by atoms with E-state index in [0.29, 0.717) is 6.42 Å². The van der Waals surface area contributed by atoms with Crippen LogP contribution in [-0.4, -0.2) is 45.9 Å². The van der Waals surface area contributed by atoms with Gasteiger partial charge in [0.05, 0.1) is 29.1 Å². The number of aliphatic hydroxyl groups is 1. The van der Waals surface area contributed by atoms with Gasteiger partial charge in [0.2, 0.25) is 0 Å². The van der Waals surface area contributed by atoms with Crippen LogP contribution in [0.2, 0.25) is 0 Å². The Labute approximate surface area is 272 Å². The lowest BCUT2D eigenvalue weighted by Gasteiger charge is -2.30. The maximum atomic E-state index is 13.7. The van der Waals surface area contributed by atoms with E-state index in [0.717, 1.165) is 39.1 Å². The highest BCUT2D eigenvalue weighted by Gasteiger charge is 2.28. The van der Waals surface area contributed by atoms with E-state index in [-0.39, 0.29) is 26.3 Å². The third-order valence-electron chi connectivity index (χ3n) is 8.08. The van der Waals surface area contributed by atoms with E-state index in [1.54, 1.807) is 11.7 Å². The highest BCUT2D eigenvalue weighted by molar-refractivity contribution is 7.09. The summed E-state index contributed by atoms with van der Waals surface area (Å²) in [6, 6.07) is 32.8. The lowest BCUT2D eigenvalue weighted by Crippen LogP contribution is -2.50. The van der Waals surface area contributed by atoms with Crippen molar-refractivity contribution < 1.29 is 24.2 Å². The predicted octanol–water partition coefficient (Wildman–Crippen LogP) is 6.75. The van der Waals surface area contributed by atoms with Crippen molar-refractivity contribution in [1.82, 2.24) is 15.2 Å². The van der Waals surface area contributed by atoms with E-state index >= 15 is 0 Å². The quantitative estimate of drug-likeness (QED) is 0.155. The van der Waals surface area contributed by atoms with Gasteiger partial charge in [-0.05, 0) is 51.8 Å². The van der Waals surface area contributed by atoms with Crippen molar-refractivity contribution in [3.8, 4) is 11.1 Å². The molecule has 0 spiro atoms. The lowest BCUT2D eigenvalue weighted by atomic mass is 10.0. The molecule has 0 unspecified atom stereocenters. The maximum absolute atomic E-state index is 13.7. The van der Waals surface area contributed by atoms with Crippen LogP contribution < -0.4 is 5.32 Å². The summed E-state index contributed by atoms with van der Waals surface area (Å²) in [4.78, 5) is 32.8. The minimum atomic E-state index is -1.12. The van der Waals surface area contributed by atoms with Gasteiger partial charge in [-0.15, -0.1) is 11.3 Å². The van der Waals surface area contributed by atoms with Crippen LogP contribution in [0.25, 0.3) is 11.1 Å². The van der Waals surface area contributed by atoms with E-state index in [1.807, 2.05) is 84.9 Å². The summed E-state index contributed by atoms with van der Waals surface area (Å²) < 4.78 is 11.3. The summed E-state index contributed by atoms with van der Waals surface area (Å²) in [6.07, 6.45) is 0.430. The van der Waals surface area contributed by atoms with Gasteiger partial charge in [0.25, 0.3) is 0 Å². The summed E-state index contributed by atoms with van der Waals surface area (Å²) >= 11 is 1.39. The molecule has 0 saturated heterocycles. The fourth-order valence-corrected chi connectivity index (χ4v) is 6.25. The zero-order chi connectivity index (χ0) is 31.7. The average Bonchev–Trinajstić information content (AvgIpc) is 3.75. The molecule has 9 heteroatoms. The van der Waals surface area contributed by atoms with Crippen LogP contribution in [0.15, 0.2) is 115 Å². The number of hydrogen-bond donors (Lipinski definition) is 2. The van der Waals surface area contributed by atoms with Crippen LogP contribution in [0, 0.1) is 0 Å². The summed E-state index contributed by atoms with van der Waals surface area (Å²) in [5.74, 6) is 0. The molecule has 1 aromatic heterocycles. The predicted molar refractivity (Wildman–Crippen MR) is 177 cm³/mol. The summed E-state index contributed by atoms with van der Waals surface area (Å²) in [5, 5.41) is 14.4. The second-order valence-corrected chi connectivity index (χ2v) is 12.2. The Bertz CT molecular complexity index is 1750. The van der Waals surface area contributed by atoms with Crippen molar-refractivity contribution in [1.29, 1.82) is 0 Å². The van der Waals surface area contributed by atoms with E-state index in [4.69, 9.17) is 9.47 Å². The number of alkyl carbamates (subject to hydrolysis) is 1. The Morgan fingerprint density at radius 1 is 0.848 bits per heavy atom. The zero-order valence-corrected chi connectivity index (χ0v) is 26.1. The number of benzene rings is 4. The highest BCUT2D eigenvalue weighted by Crippen LogP contribution is 2.38. The fraction of sp³-hybridized carbons (Fsp3) is 0.216. The van der Waals surface area contributed by atoms with E-state index in [1.165, 1.54) is 27.4 Å². The number of aliphatic hydroxyl groups excluding tert-OH is 1. The number of nitrogens with one attached hydrogen (secondary N) is 1. The first-order valence-corrected chi connectivity index (χ1v) is 16.1. The highest BCUT2D eigenvalue weighted by atomic mass is 32.1. The van der Waals surface area contributed by atoms with Crippen LogP contribution >= 0.6 is 11.3 Å². The average molecular weight is 634 g/mol. The Balaban J connectivity index is 1.17. The van der Waals surface area contributed by atoms with Gasteiger partial charge in [0.15, 0.2) is 0 Å². The first-order chi connectivity index (χ1) is 22.5. The number of nitrogens with zero attached hydrogens (tertiary/aromatic N) is 2. The van der Waals surface area contributed by atoms with Gasteiger partial charge in [0.1, 0.15) is 13.2 Å². The second-order valence-electron chi connectivity index (χ2n) is 11.2. The molecule has 0 bridgehead atoms. The molecule has 0 aliphatic heterocycles. The first kappa shape index (κ1) is 31.0. The number of rotatable bonds is 12. The van der Waals surface area contributed by atoms with Crippen LogP contribution in [0.4, 0.5) is 9.59 Å². The summed E-state index contributed by atoms with van der Waals surface area (Å²) in [6.45, 7) is 0.333. The van der Waals surface area contributed by atoms with Crippen LogP contribution in [0.1, 0.15) is 32.7 Å². The third kappa shape index (κ3) is 7.80. The Kier molecular flexibility index (Phi) is 10.0. The molecule has 46 heavy (non-hydrogen) atoms. The standard InChI is InChI=1S/C37H35N3O5S/c41-35(34(18-26-10-3-1-4-11-26)39-36(42)44-24-30-20-38-25-46-30)22-40(21-27-12-5-2-6-13-27)37(43)45-23-29-15-9-17-32-31-16-8-7-14-28(31)19-33(29)32/h1-17,20,25,34-35,41H,18-19,21-24H2,(H,39,42)/t34-,35+/m0/s1. The maximum Gasteiger partial charge on any atom is 0.410 e. The number of carbonyl (C=O) groups is 2. The van der Waals surface area contributed by atoms with Gasteiger partial charge in [0, 0.05) is 12.7 Å². The van der Waals surface area contributed by atoms with Crippen molar-refractivity contribution in [2.45, 2.75) is 44.7 Å². The van der Waals surface area contributed by atoms with E-state index in [2.05, 4.69) is 28.5 Å².